The number of rotatable bonds is 1. The zero-order valence-corrected chi connectivity index (χ0v) is 11.8. The van der Waals surface area contributed by atoms with E-state index in [1.807, 2.05) is 25.1 Å². The Morgan fingerprint density at radius 2 is 2.05 bits per heavy atom. The number of fused-ring (bicyclic) bond motifs is 1. The largest absolute Gasteiger partial charge is 0.338 e. The molecule has 4 heteroatoms. The van der Waals surface area contributed by atoms with E-state index in [9.17, 15) is 4.79 Å². The number of nitrogens with one attached hydrogen (secondary N) is 1. The van der Waals surface area contributed by atoms with Gasteiger partial charge in [-0.3, -0.25) is 4.79 Å². The fraction of sp³-hybridized carbons (Fsp3) is 0.294. The van der Waals surface area contributed by atoms with Gasteiger partial charge in [0, 0.05) is 23.6 Å². The quantitative estimate of drug-likeness (QED) is 0.868. The highest BCUT2D eigenvalue weighted by atomic mass is 16.5. The van der Waals surface area contributed by atoms with Gasteiger partial charge in [0.25, 0.3) is 0 Å². The lowest BCUT2D eigenvalue weighted by Crippen LogP contribution is -2.26. The minimum atomic E-state index is -0.0588. The Morgan fingerprint density at radius 3 is 2.86 bits per heavy atom. The van der Waals surface area contributed by atoms with Crippen molar-refractivity contribution < 1.29 is 9.32 Å². The van der Waals surface area contributed by atoms with Gasteiger partial charge >= 0.3 is 0 Å². The summed E-state index contributed by atoms with van der Waals surface area (Å²) in [6, 6.07) is 10.1. The van der Waals surface area contributed by atoms with Gasteiger partial charge in [-0.05, 0) is 25.3 Å². The van der Waals surface area contributed by atoms with Crippen LogP contribution < -0.4 is 5.32 Å². The number of aromatic nitrogens is 1. The van der Waals surface area contributed by atoms with Crippen molar-refractivity contribution in [2.45, 2.75) is 32.1 Å². The highest BCUT2D eigenvalue weighted by molar-refractivity contribution is 6.00. The summed E-state index contributed by atoms with van der Waals surface area (Å²) < 4.78 is 5.42. The molecule has 4 nitrogen and oxygen atoms in total. The van der Waals surface area contributed by atoms with Gasteiger partial charge in [-0.2, -0.15) is 0 Å². The SMILES string of the molecule is Cc1noc2c1[C@@H](c1ccccc1)C1=C(CCCC1=O)N2. The highest BCUT2D eigenvalue weighted by Gasteiger charge is 2.38. The van der Waals surface area contributed by atoms with Crippen LogP contribution in [0.1, 0.15) is 42.0 Å². The lowest BCUT2D eigenvalue weighted by molar-refractivity contribution is -0.116. The summed E-state index contributed by atoms with van der Waals surface area (Å²) in [4.78, 5) is 12.5. The van der Waals surface area contributed by atoms with Crippen molar-refractivity contribution in [3.05, 3.63) is 58.4 Å². The first-order chi connectivity index (χ1) is 10.3. The molecule has 0 unspecified atom stereocenters. The number of hydrogen-bond acceptors (Lipinski definition) is 4. The van der Waals surface area contributed by atoms with E-state index in [1.54, 1.807) is 0 Å². The fourth-order valence-corrected chi connectivity index (χ4v) is 3.40. The van der Waals surface area contributed by atoms with E-state index >= 15 is 0 Å². The van der Waals surface area contributed by atoms with Gasteiger partial charge in [0.1, 0.15) is 0 Å². The average Bonchev–Trinajstić information content (AvgIpc) is 2.88. The molecule has 0 saturated heterocycles. The summed E-state index contributed by atoms with van der Waals surface area (Å²) in [5.74, 6) is 0.871. The number of ketones is 1. The minimum absolute atomic E-state index is 0.0588. The number of anilines is 1. The average molecular weight is 280 g/mol. The number of aryl methyl sites for hydroxylation is 1. The Bertz CT molecular complexity index is 743. The van der Waals surface area contributed by atoms with E-state index in [4.69, 9.17) is 4.52 Å². The first kappa shape index (κ1) is 12.4. The second-order valence-electron chi connectivity index (χ2n) is 5.65. The van der Waals surface area contributed by atoms with E-state index < -0.39 is 0 Å². The molecule has 2 aliphatic rings. The molecule has 2 aromatic rings. The summed E-state index contributed by atoms with van der Waals surface area (Å²) in [7, 11) is 0. The molecule has 4 rings (SSSR count). The molecule has 0 saturated carbocycles. The lowest BCUT2D eigenvalue weighted by atomic mass is 9.76. The molecule has 0 bridgehead atoms. The molecule has 106 valence electrons. The molecule has 1 aromatic carbocycles. The van der Waals surface area contributed by atoms with Crippen LogP contribution in [0.2, 0.25) is 0 Å². The molecule has 1 aromatic heterocycles. The van der Waals surface area contributed by atoms with Crippen LogP contribution in [0.4, 0.5) is 5.88 Å². The molecule has 0 radical (unpaired) electrons. The topological polar surface area (TPSA) is 55.1 Å². The molecule has 1 N–H and O–H groups in total. The van der Waals surface area contributed by atoms with Gasteiger partial charge in [-0.1, -0.05) is 35.5 Å². The van der Waals surface area contributed by atoms with Crippen molar-refractivity contribution in [1.29, 1.82) is 0 Å². The van der Waals surface area contributed by atoms with Crippen LogP contribution in [0.15, 0.2) is 46.1 Å². The maximum atomic E-state index is 12.5. The van der Waals surface area contributed by atoms with Crippen molar-refractivity contribution in [1.82, 2.24) is 5.16 Å². The first-order valence-electron chi connectivity index (χ1n) is 7.30. The summed E-state index contributed by atoms with van der Waals surface area (Å²) in [5.41, 5.74) is 4.86. The van der Waals surface area contributed by atoms with Crippen molar-refractivity contribution >= 4 is 11.7 Å². The second-order valence-corrected chi connectivity index (χ2v) is 5.65. The zero-order chi connectivity index (χ0) is 14.4. The summed E-state index contributed by atoms with van der Waals surface area (Å²) in [6.07, 6.45) is 2.42. The monoisotopic (exact) mass is 280 g/mol. The molecule has 0 amide bonds. The Morgan fingerprint density at radius 1 is 1.24 bits per heavy atom. The molecular formula is C17H16N2O2. The third kappa shape index (κ3) is 1.82. The minimum Gasteiger partial charge on any atom is -0.338 e. The van der Waals surface area contributed by atoms with Crippen LogP contribution >= 0.6 is 0 Å². The normalized spacial score (nSPS) is 20.8. The van der Waals surface area contributed by atoms with Gasteiger partial charge in [0.2, 0.25) is 5.88 Å². The third-order valence-electron chi connectivity index (χ3n) is 4.34. The zero-order valence-electron chi connectivity index (χ0n) is 11.8. The molecule has 0 spiro atoms. The molecule has 0 fully saturated rings. The predicted molar refractivity (Wildman–Crippen MR) is 79.0 cm³/mol. The Kier molecular flexibility index (Phi) is 2.70. The molecule has 1 aliphatic carbocycles. The van der Waals surface area contributed by atoms with Crippen molar-refractivity contribution in [3.63, 3.8) is 0 Å². The maximum Gasteiger partial charge on any atom is 0.233 e. The smallest absolute Gasteiger partial charge is 0.233 e. The maximum absolute atomic E-state index is 12.5. The Balaban J connectivity index is 1.96. The Labute approximate surface area is 122 Å². The number of Topliss-reactive ketones (excluding diaryl/α,β-unsaturated/α-hetero) is 1. The highest BCUT2D eigenvalue weighted by Crippen LogP contribution is 2.46. The van der Waals surface area contributed by atoms with Crippen molar-refractivity contribution in [2.75, 3.05) is 5.32 Å². The van der Waals surface area contributed by atoms with Gasteiger partial charge in [-0.15, -0.1) is 0 Å². The van der Waals surface area contributed by atoms with E-state index in [0.29, 0.717) is 12.3 Å². The van der Waals surface area contributed by atoms with Gasteiger partial charge in [0.15, 0.2) is 5.78 Å². The lowest BCUT2D eigenvalue weighted by Gasteiger charge is -2.31. The van der Waals surface area contributed by atoms with Crippen LogP contribution in [0.25, 0.3) is 0 Å². The van der Waals surface area contributed by atoms with E-state index in [0.717, 1.165) is 40.9 Å². The molecule has 2 heterocycles. The van der Waals surface area contributed by atoms with E-state index in [1.165, 1.54) is 0 Å². The number of hydrogen-bond donors (Lipinski definition) is 1. The first-order valence-corrected chi connectivity index (χ1v) is 7.30. The second kappa shape index (κ2) is 4.58. The van der Waals surface area contributed by atoms with Crippen LogP contribution in [0.5, 0.6) is 0 Å². The number of carbonyl (C=O) groups excluding carboxylic acids is 1. The number of benzene rings is 1. The molecule has 1 aliphatic heterocycles. The molecule has 1 atom stereocenters. The predicted octanol–water partition coefficient (Wildman–Crippen LogP) is 3.55. The summed E-state index contributed by atoms with van der Waals surface area (Å²) in [6.45, 7) is 1.93. The van der Waals surface area contributed by atoms with E-state index in [-0.39, 0.29) is 11.7 Å². The number of nitrogens with zero attached hydrogens (tertiary/aromatic N) is 1. The molecular weight excluding hydrogens is 264 g/mol. The standard InChI is InChI=1S/C17H16N2O2/c1-10-14-15(11-6-3-2-4-7-11)16-12(8-5-9-13(16)20)18-17(14)21-19-10/h2-4,6-7,15,18H,5,8-9H2,1H3/t15-/m1/s1. The molecule has 21 heavy (non-hydrogen) atoms. The third-order valence-corrected chi connectivity index (χ3v) is 4.34. The van der Waals surface area contributed by atoms with Crippen molar-refractivity contribution in [3.8, 4) is 0 Å². The summed E-state index contributed by atoms with van der Waals surface area (Å²) >= 11 is 0. The fourth-order valence-electron chi connectivity index (χ4n) is 3.40. The summed E-state index contributed by atoms with van der Waals surface area (Å²) in [5, 5.41) is 7.36. The number of allylic oxidation sites excluding steroid dienone is 2. The van der Waals surface area contributed by atoms with Gasteiger partial charge in [-0.25, -0.2) is 0 Å². The van der Waals surface area contributed by atoms with Gasteiger partial charge < -0.3 is 9.84 Å². The van der Waals surface area contributed by atoms with Gasteiger partial charge in [0.05, 0.1) is 11.3 Å². The van der Waals surface area contributed by atoms with Crippen LogP contribution in [0.3, 0.4) is 0 Å². The van der Waals surface area contributed by atoms with E-state index in [2.05, 4.69) is 22.6 Å². The van der Waals surface area contributed by atoms with Crippen LogP contribution in [-0.2, 0) is 4.79 Å². The van der Waals surface area contributed by atoms with Crippen LogP contribution in [-0.4, -0.2) is 10.9 Å². The van der Waals surface area contributed by atoms with Crippen molar-refractivity contribution in [2.24, 2.45) is 0 Å². The number of carbonyl (C=O) groups is 1. The van der Waals surface area contributed by atoms with Crippen LogP contribution in [0, 0.1) is 6.92 Å². The Hall–Kier alpha value is -2.36.